The van der Waals surface area contributed by atoms with Gasteiger partial charge in [-0.15, -0.1) is 0 Å². The number of hydrogen-bond donors (Lipinski definition) is 1. The molecule has 0 bridgehead atoms. The Labute approximate surface area is 124 Å². The lowest BCUT2D eigenvalue weighted by Crippen LogP contribution is -2.00. The van der Waals surface area contributed by atoms with Gasteiger partial charge in [0.05, 0.1) is 4.47 Å². The number of nitrogens with one attached hydrogen (secondary N) is 1. The Morgan fingerprint density at radius 1 is 1.20 bits per heavy atom. The predicted octanol–water partition coefficient (Wildman–Crippen LogP) is 4.24. The molecule has 0 saturated carbocycles. The van der Waals surface area contributed by atoms with Gasteiger partial charge in [0.25, 0.3) is 0 Å². The van der Waals surface area contributed by atoms with Gasteiger partial charge >= 0.3 is 0 Å². The van der Waals surface area contributed by atoms with Crippen LogP contribution in [-0.4, -0.2) is 6.79 Å². The maximum Gasteiger partial charge on any atom is 0.231 e. The van der Waals surface area contributed by atoms with Crippen LogP contribution in [0, 0.1) is 12.7 Å². The highest BCUT2D eigenvalue weighted by molar-refractivity contribution is 9.10. The zero-order chi connectivity index (χ0) is 14.1. The quantitative estimate of drug-likeness (QED) is 0.908. The van der Waals surface area contributed by atoms with Crippen LogP contribution in [0.25, 0.3) is 0 Å². The second kappa shape index (κ2) is 5.32. The molecule has 3 nitrogen and oxygen atoms in total. The standard InChI is InChI=1S/C15H13BrFNO2/c1-9-2-11(17)6-12(3-9)18-7-10-4-13(16)15-14(5-10)19-8-20-15/h2-6,18H,7-8H2,1H3. The van der Waals surface area contributed by atoms with E-state index in [2.05, 4.69) is 21.2 Å². The van der Waals surface area contributed by atoms with Gasteiger partial charge < -0.3 is 14.8 Å². The first-order valence-electron chi connectivity index (χ1n) is 6.21. The molecular weight excluding hydrogens is 325 g/mol. The number of ether oxygens (including phenoxy) is 2. The van der Waals surface area contributed by atoms with Gasteiger partial charge in [-0.2, -0.15) is 0 Å². The van der Waals surface area contributed by atoms with E-state index in [-0.39, 0.29) is 12.6 Å². The summed E-state index contributed by atoms with van der Waals surface area (Å²) < 4.78 is 24.9. The fourth-order valence-electron chi connectivity index (χ4n) is 2.17. The smallest absolute Gasteiger partial charge is 0.231 e. The van der Waals surface area contributed by atoms with Crippen LogP contribution in [-0.2, 0) is 6.54 Å². The minimum absolute atomic E-state index is 0.237. The number of aryl methyl sites for hydroxylation is 1. The summed E-state index contributed by atoms with van der Waals surface area (Å²) in [6, 6.07) is 8.78. The van der Waals surface area contributed by atoms with Gasteiger partial charge in [-0.3, -0.25) is 0 Å². The Morgan fingerprint density at radius 2 is 2.05 bits per heavy atom. The molecule has 3 rings (SSSR count). The number of halogens is 2. The molecule has 1 N–H and O–H groups in total. The zero-order valence-electron chi connectivity index (χ0n) is 10.9. The van der Waals surface area contributed by atoms with Crippen LogP contribution in [0.15, 0.2) is 34.8 Å². The summed E-state index contributed by atoms with van der Waals surface area (Å²) in [6.45, 7) is 2.69. The minimum Gasteiger partial charge on any atom is -0.454 e. The first-order valence-corrected chi connectivity index (χ1v) is 7.00. The maximum absolute atomic E-state index is 13.3. The van der Waals surface area contributed by atoms with E-state index in [4.69, 9.17) is 9.47 Å². The molecule has 104 valence electrons. The third kappa shape index (κ3) is 2.72. The molecule has 0 aromatic heterocycles. The van der Waals surface area contributed by atoms with Crippen molar-refractivity contribution in [3.8, 4) is 11.5 Å². The lowest BCUT2D eigenvalue weighted by molar-refractivity contribution is 0.173. The third-order valence-electron chi connectivity index (χ3n) is 3.03. The summed E-state index contributed by atoms with van der Waals surface area (Å²) in [6.07, 6.45) is 0. The van der Waals surface area contributed by atoms with E-state index in [9.17, 15) is 4.39 Å². The van der Waals surface area contributed by atoms with E-state index >= 15 is 0 Å². The van der Waals surface area contributed by atoms with Crippen molar-refractivity contribution in [2.45, 2.75) is 13.5 Å². The monoisotopic (exact) mass is 337 g/mol. The van der Waals surface area contributed by atoms with Gasteiger partial charge in [0.2, 0.25) is 6.79 Å². The molecule has 20 heavy (non-hydrogen) atoms. The fraction of sp³-hybridized carbons (Fsp3) is 0.200. The Morgan fingerprint density at radius 3 is 2.85 bits per heavy atom. The van der Waals surface area contributed by atoms with Crippen LogP contribution in [0.4, 0.5) is 10.1 Å². The normalized spacial score (nSPS) is 12.6. The number of hydrogen-bond acceptors (Lipinski definition) is 3. The van der Waals surface area contributed by atoms with E-state index in [1.54, 1.807) is 0 Å². The van der Waals surface area contributed by atoms with Gasteiger partial charge in [-0.25, -0.2) is 4.39 Å². The van der Waals surface area contributed by atoms with E-state index < -0.39 is 0 Å². The molecule has 2 aromatic rings. The van der Waals surface area contributed by atoms with E-state index in [0.717, 1.165) is 32.8 Å². The molecule has 0 fully saturated rings. The van der Waals surface area contributed by atoms with Crippen molar-refractivity contribution < 1.29 is 13.9 Å². The summed E-state index contributed by atoms with van der Waals surface area (Å²) in [5.41, 5.74) is 2.68. The molecule has 2 aromatic carbocycles. The molecular formula is C15H13BrFNO2. The fourth-order valence-corrected chi connectivity index (χ4v) is 2.77. The minimum atomic E-state index is -0.237. The van der Waals surface area contributed by atoms with Crippen molar-refractivity contribution in [3.05, 3.63) is 51.7 Å². The summed E-state index contributed by atoms with van der Waals surface area (Å²) >= 11 is 3.45. The zero-order valence-corrected chi connectivity index (χ0v) is 12.5. The Balaban J connectivity index is 1.77. The predicted molar refractivity (Wildman–Crippen MR) is 78.7 cm³/mol. The average molecular weight is 338 g/mol. The topological polar surface area (TPSA) is 30.5 Å². The van der Waals surface area contributed by atoms with Crippen molar-refractivity contribution >= 4 is 21.6 Å². The molecule has 0 atom stereocenters. The number of benzene rings is 2. The van der Waals surface area contributed by atoms with Crippen molar-refractivity contribution in [2.24, 2.45) is 0 Å². The van der Waals surface area contributed by atoms with Crippen molar-refractivity contribution in [2.75, 3.05) is 12.1 Å². The van der Waals surface area contributed by atoms with Crippen LogP contribution in [0.5, 0.6) is 11.5 Å². The lowest BCUT2D eigenvalue weighted by atomic mass is 10.2. The van der Waals surface area contributed by atoms with Crippen molar-refractivity contribution in [1.29, 1.82) is 0 Å². The molecule has 1 heterocycles. The Kier molecular flexibility index (Phi) is 3.53. The second-order valence-electron chi connectivity index (χ2n) is 4.68. The molecule has 0 amide bonds. The maximum atomic E-state index is 13.3. The summed E-state index contributed by atoms with van der Waals surface area (Å²) in [5, 5.41) is 3.20. The van der Waals surface area contributed by atoms with Crippen LogP contribution in [0.1, 0.15) is 11.1 Å². The second-order valence-corrected chi connectivity index (χ2v) is 5.54. The molecule has 5 heteroatoms. The lowest BCUT2D eigenvalue weighted by Gasteiger charge is -2.09. The molecule has 1 aliphatic rings. The van der Waals surface area contributed by atoms with E-state index in [0.29, 0.717) is 6.54 Å². The largest absolute Gasteiger partial charge is 0.454 e. The Bertz CT molecular complexity index is 640. The van der Waals surface area contributed by atoms with Gasteiger partial charge in [-0.1, -0.05) is 0 Å². The highest BCUT2D eigenvalue weighted by Gasteiger charge is 2.17. The summed E-state index contributed by atoms with van der Waals surface area (Å²) in [5.74, 6) is 1.22. The average Bonchev–Trinajstić information content (AvgIpc) is 2.84. The highest BCUT2D eigenvalue weighted by atomic mass is 79.9. The first kappa shape index (κ1) is 13.2. The first-order chi connectivity index (χ1) is 9.61. The molecule has 1 aliphatic heterocycles. The molecule has 0 radical (unpaired) electrons. The van der Waals surface area contributed by atoms with Crippen molar-refractivity contribution in [1.82, 2.24) is 0 Å². The van der Waals surface area contributed by atoms with Crippen LogP contribution in [0.3, 0.4) is 0 Å². The molecule has 0 spiro atoms. The Hall–Kier alpha value is -1.75. The number of rotatable bonds is 3. The van der Waals surface area contributed by atoms with Gasteiger partial charge in [-0.05, 0) is 64.3 Å². The molecule has 0 unspecified atom stereocenters. The SMILES string of the molecule is Cc1cc(F)cc(NCc2cc(Br)c3c(c2)OCO3)c1. The van der Waals surface area contributed by atoms with Gasteiger partial charge in [0.1, 0.15) is 5.82 Å². The molecule has 0 saturated heterocycles. The summed E-state index contributed by atoms with van der Waals surface area (Å²) in [4.78, 5) is 0. The number of fused-ring (bicyclic) bond motifs is 1. The van der Waals surface area contributed by atoms with Gasteiger partial charge in [0.15, 0.2) is 11.5 Å². The van der Waals surface area contributed by atoms with Crippen LogP contribution in [0.2, 0.25) is 0 Å². The van der Waals surface area contributed by atoms with Gasteiger partial charge in [0, 0.05) is 12.2 Å². The summed E-state index contributed by atoms with van der Waals surface area (Å²) in [7, 11) is 0. The highest BCUT2D eigenvalue weighted by Crippen LogP contribution is 2.40. The van der Waals surface area contributed by atoms with E-state index in [1.807, 2.05) is 25.1 Å². The third-order valence-corrected chi connectivity index (χ3v) is 3.61. The van der Waals surface area contributed by atoms with Crippen LogP contribution < -0.4 is 14.8 Å². The van der Waals surface area contributed by atoms with E-state index in [1.165, 1.54) is 12.1 Å². The van der Waals surface area contributed by atoms with Crippen LogP contribution >= 0.6 is 15.9 Å². The molecule has 0 aliphatic carbocycles. The number of anilines is 1. The van der Waals surface area contributed by atoms with Crippen molar-refractivity contribution in [3.63, 3.8) is 0 Å².